The fraction of sp³-hybridized carbons (Fsp3) is 0.824. The maximum atomic E-state index is 11.2. The van der Waals surface area contributed by atoms with Crippen LogP contribution in [0.4, 0.5) is 0 Å². The van der Waals surface area contributed by atoms with E-state index in [9.17, 15) is 9.90 Å². The number of rotatable bonds is 13. The Hall–Kier alpha value is -0.299. The topological polar surface area (TPSA) is 74.2 Å². The van der Waals surface area contributed by atoms with E-state index in [0.717, 1.165) is 12.5 Å². The fourth-order valence-corrected chi connectivity index (χ4v) is 15.8. The van der Waals surface area contributed by atoms with Crippen molar-refractivity contribution in [2.45, 2.75) is 71.3 Å². The molecule has 0 aromatic heterocycles. The van der Waals surface area contributed by atoms with Crippen LogP contribution < -0.4 is 0 Å². The van der Waals surface area contributed by atoms with E-state index in [0.29, 0.717) is 12.2 Å². The summed E-state index contributed by atoms with van der Waals surface area (Å²) in [7, 11) is -5.53. The van der Waals surface area contributed by atoms with Crippen LogP contribution >= 0.6 is 0 Å². The number of carbonyl (C=O) groups excluding carboxylic acids is 1. The summed E-state index contributed by atoms with van der Waals surface area (Å²) in [6.45, 7) is 20.9. The molecule has 1 atom stereocenters. The highest BCUT2D eigenvalue weighted by Gasteiger charge is 2.37. The molecule has 0 heterocycles. The van der Waals surface area contributed by atoms with Gasteiger partial charge in [-0.3, -0.25) is 0 Å². The second kappa shape index (κ2) is 10.9. The maximum Gasteiger partial charge on any atom is 0.333 e. The van der Waals surface area contributed by atoms with Crippen molar-refractivity contribution < 1.29 is 27.6 Å². The van der Waals surface area contributed by atoms with Crippen LogP contribution in [-0.4, -0.2) is 62.2 Å². The molecule has 0 aliphatic heterocycles. The van der Waals surface area contributed by atoms with Gasteiger partial charge >= 0.3 is 14.5 Å². The van der Waals surface area contributed by atoms with E-state index >= 15 is 0 Å². The van der Waals surface area contributed by atoms with Crippen molar-refractivity contribution in [3.63, 3.8) is 0 Å². The van der Waals surface area contributed by atoms with Gasteiger partial charge in [-0.1, -0.05) is 6.58 Å². The smallest absolute Gasteiger partial charge is 0.333 e. The minimum Gasteiger partial charge on any atom is -0.460 e. The molecule has 9 heteroatoms. The molecular weight excluding hydrogens is 384 g/mol. The van der Waals surface area contributed by atoms with Crippen molar-refractivity contribution in [3.8, 4) is 0 Å². The molecule has 0 saturated heterocycles. The lowest BCUT2D eigenvalue weighted by atomic mass is 10.3. The first-order valence-corrected chi connectivity index (χ1v) is 18.5. The first-order chi connectivity index (χ1) is 11.6. The van der Waals surface area contributed by atoms with Crippen LogP contribution in [0.25, 0.3) is 0 Å². The summed E-state index contributed by atoms with van der Waals surface area (Å²) in [5.74, 6) is -0.499. The minimum atomic E-state index is -2.10. The third kappa shape index (κ3) is 13.8. The van der Waals surface area contributed by atoms with Crippen LogP contribution in [0.3, 0.4) is 0 Å². The Morgan fingerprint density at radius 2 is 1.62 bits per heavy atom. The van der Waals surface area contributed by atoms with Gasteiger partial charge in [0.15, 0.2) is 16.6 Å². The zero-order valence-corrected chi connectivity index (χ0v) is 20.8. The molecule has 0 aromatic carbocycles. The van der Waals surface area contributed by atoms with Crippen LogP contribution in [0.2, 0.25) is 51.9 Å². The summed E-state index contributed by atoms with van der Waals surface area (Å²) in [6, 6.07) is 0.971. The van der Waals surface area contributed by atoms with E-state index in [2.05, 4.69) is 52.4 Å². The SMILES string of the molecule is C=C(C)C(=O)OCC(O)COCCC[Si](C)(C)O[Si](C)(C)O[Si](C)(C)C. The number of ether oxygens (including phenoxy) is 2. The largest absolute Gasteiger partial charge is 0.460 e. The summed E-state index contributed by atoms with van der Waals surface area (Å²) in [4.78, 5) is 11.2. The number of hydrogen-bond acceptors (Lipinski definition) is 6. The molecule has 0 spiro atoms. The van der Waals surface area contributed by atoms with Crippen LogP contribution in [0.1, 0.15) is 13.3 Å². The van der Waals surface area contributed by atoms with E-state index in [1.807, 2.05) is 0 Å². The Balaban J connectivity index is 4.04. The Kier molecular flexibility index (Phi) is 10.8. The molecule has 6 nitrogen and oxygen atoms in total. The van der Waals surface area contributed by atoms with Gasteiger partial charge in [0, 0.05) is 12.2 Å². The van der Waals surface area contributed by atoms with Crippen molar-refractivity contribution in [3.05, 3.63) is 12.2 Å². The quantitative estimate of drug-likeness (QED) is 0.211. The van der Waals surface area contributed by atoms with Gasteiger partial charge in [-0.15, -0.1) is 0 Å². The Morgan fingerprint density at radius 1 is 1.04 bits per heavy atom. The summed E-state index contributed by atoms with van der Waals surface area (Å²) >= 11 is 0. The molecule has 0 aliphatic carbocycles. The highest BCUT2D eigenvalue weighted by molar-refractivity contribution is 6.87. The Bertz CT molecular complexity index is 460. The lowest BCUT2D eigenvalue weighted by Crippen LogP contribution is -2.51. The molecule has 1 N–H and O–H groups in total. The maximum absolute atomic E-state index is 11.2. The number of esters is 1. The molecule has 0 fully saturated rings. The minimum absolute atomic E-state index is 0.0805. The van der Waals surface area contributed by atoms with Crippen LogP contribution in [0, 0.1) is 0 Å². The van der Waals surface area contributed by atoms with Crippen LogP contribution in [0.5, 0.6) is 0 Å². The zero-order valence-electron chi connectivity index (χ0n) is 17.8. The molecule has 0 saturated carbocycles. The molecular formula is C17H38O6Si3. The predicted octanol–water partition coefficient (Wildman–Crippen LogP) is 3.65. The lowest BCUT2D eigenvalue weighted by molar-refractivity contribution is -0.143. The molecule has 0 aliphatic rings. The monoisotopic (exact) mass is 422 g/mol. The van der Waals surface area contributed by atoms with Crippen molar-refractivity contribution in [1.29, 1.82) is 0 Å². The first kappa shape index (κ1) is 25.7. The van der Waals surface area contributed by atoms with Crippen LogP contribution in [-0.2, 0) is 22.5 Å². The second-order valence-corrected chi connectivity index (χ2v) is 21.4. The summed E-state index contributed by atoms with van der Waals surface area (Å²) in [6.07, 6.45) is 0.0471. The summed E-state index contributed by atoms with van der Waals surface area (Å²) in [5, 5.41) is 9.74. The normalized spacial score (nSPS) is 14.2. The van der Waals surface area contributed by atoms with Gasteiger partial charge in [0.05, 0.1) is 6.61 Å². The van der Waals surface area contributed by atoms with Gasteiger partial charge in [0.2, 0.25) is 0 Å². The second-order valence-electron chi connectivity index (χ2n) is 8.69. The van der Waals surface area contributed by atoms with Gasteiger partial charge < -0.3 is 22.8 Å². The van der Waals surface area contributed by atoms with Gasteiger partial charge in [0.1, 0.15) is 12.7 Å². The average Bonchev–Trinajstić information content (AvgIpc) is 2.39. The van der Waals surface area contributed by atoms with Crippen molar-refractivity contribution >= 4 is 31.2 Å². The molecule has 1 unspecified atom stereocenters. The van der Waals surface area contributed by atoms with Gasteiger partial charge in [0.25, 0.3) is 0 Å². The van der Waals surface area contributed by atoms with Crippen molar-refractivity contribution in [2.75, 3.05) is 19.8 Å². The Labute approximate surface area is 162 Å². The molecule has 0 rings (SSSR count). The lowest BCUT2D eigenvalue weighted by Gasteiger charge is -2.37. The summed E-state index contributed by atoms with van der Waals surface area (Å²) in [5.41, 5.74) is 0.315. The van der Waals surface area contributed by atoms with Gasteiger partial charge in [-0.2, -0.15) is 0 Å². The van der Waals surface area contributed by atoms with Crippen molar-refractivity contribution in [1.82, 2.24) is 0 Å². The van der Waals surface area contributed by atoms with E-state index in [4.69, 9.17) is 17.7 Å². The van der Waals surface area contributed by atoms with Gasteiger partial charge in [-0.25, -0.2) is 4.79 Å². The third-order valence-corrected chi connectivity index (χ3v) is 13.4. The highest BCUT2D eigenvalue weighted by Crippen LogP contribution is 2.23. The highest BCUT2D eigenvalue weighted by atomic mass is 28.5. The predicted molar refractivity (Wildman–Crippen MR) is 113 cm³/mol. The van der Waals surface area contributed by atoms with E-state index in [-0.39, 0.29) is 13.2 Å². The molecule has 0 bridgehead atoms. The number of carbonyl (C=O) groups is 1. The van der Waals surface area contributed by atoms with Gasteiger partial charge in [-0.05, 0) is 65.2 Å². The molecule has 0 aromatic rings. The van der Waals surface area contributed by atoms with E-state index in [1.54, 1.807) is 6.92 Å². The number of aliphatic hydroxyl groups is 1. The van der Waals surface area contributed by atoms with E-state index < -0.39 is 37.3 Å². The third-order valence-electron chi connectivity index (χ3n) is 3.21. The summed E-state index contributed by atoms with van der Waals surface area (Å²) < 4.78 is 23.1. The fourth-order valence-electron chi connectivity index (χ4n) is 2.64. The Morgan fingerprint density at radius 3 is 2.12 bits per heavy atom. The van der Waals surface area contributed by atoms with Crippen molar-refractivity contribution in [2.24, 2.45) is 0 Å². The average molecular weight is 423 g/mol. The molecule has 26 heavy (non-hydrogen) atoms. The standard InChI is InChI=1S/C17H38O6Si3/c1-15(2)17(19)21-14-16(18)13-20-11-10-12-25(6,7)23-26(8,9)22-24(3,4)5/h16,18H,1,10-14H2,2-9H3. The van der Waals surface area contributed by atoms with E-state index in [1.165, 1.54) is 0 Å². The number of aliphatic hydroxyl groups excluding tert-OH is 1. The van der Waals surface area contributed by atoms with Crippen LogP contribution in [0.15, 0.2) is 12.2 Å². The zero-order chi connectivity index (χ0) is 20.6. The molecule has 0 radical (unpaired) electrons. The first-order valence-electron chi connectivity index (χ1n) is 9.12. The molecule has 154 valence electrons. The molecule has 0 amide bonds. The number of hydrogen-bond donors (Lipinski definition) is 1.